The van der Waals surface area contributed by atoms with Crippen molar-refractivity contribution in [3.8, 4) is 11.8 Å². The van der Waals surface area contributed by atoms with E-state index in [9.17, 15) is 10.4 Å². The molecule has 1 aliphatic heterocycles. The number of fused-ring (bicyclic) bond motifs is 1. The number of para-hydroxylation sites is 1. The Kier molecular flexibility index (Phi) is 5.75. The Morgan fingerprint density at radius 1 is 1.21 bits per heavy atom. The second kappa shape index (κ2) is 8.99. The van der Waals surface area contributed by atoms with Crippen molar-refractivity contribution >= 4 is 40.0 Å². The second-order valence-electron chi connectivity index (χ2n) is 7.44. The Morgan fingerprint density at radius 3 is 2.94 bits per heavy atom. The summed E-state index contributed by atoms with van der Waals surface area (Å²) in [7, 11) is 0. The molecule has 0 bridgehead atoms. The third-order valence-electron chi connectivity index (χ3n) is 5.35. The van der Waals surface area contributed by atoms with Gasteiger partial charge in [0.1, 0.15) is 35.5 Å². The summed E-state index contributed by atoms with van der Waals surface area (Å²) in [6.07, 6.45) is 4.61. The Bertz CT molecular complexity index is 1350. The fourth-order valence-corrected chi connectivity index (χ4v) is 4.00. The van der Waals surface area contributed by atoms with Crippen LogP contribution in [0.3, 0.4) is 0 Å². The number of nitrogens with one attached hydrogen (secondary N) is 1. The van der Waals surface area contributed by atoms with Gasteiger partial charge in [0, 0.05) is 36.8 Å². The first-order chi connectivity index (χ1) is 16.2. The number of ether oxygens (including phenoxy) is 1. The van der Waals surface area contributed by atoms with Gasteiger partial charge in [-0.2, -0.15) is 10.4 Å². The highest BCUT2D eigenvalue weighted by molar-refractivity contribution is 6.32. The van der Waals surface area contributed by atoms with Crippen LogP contribution in [0.2, 0.25) is 5.02 Å². The van der Waals surface area contributed by atoms with Crippen molar-refractivity contribution in [1.82, 2.24) is 24.7 Å². The lowest BCUT2D eigenvalue weighted by atomic mass is 10.2. The fourth-order valence-electron chi connectivity index (χ4n) is 3.75. The van der Waals surface area contributed by atoms with Crippen LogP contribution in [0, 0.1) is 11.3 Å². The Hall–Kier alpha value is -3.78. The number of rotatable bonds is 5. The van der Waals surface area contributed by atoms with Crippen LogP contribution in [-0.4, -0.2) is 62.2 Å². The number of hydrogen-bond acceptors (Lipinski definition) is 9. The van der Waals surface area contributed by atoms with Gasteiger partial charge in [-0.15, -0.1) is 0 Å². The lowest BCUT2D eigenvalue weighted by Gasteiger charge is -2.32. The average molecular weight is 463 g/mol. The van der Waals surface area contributed by atoms with Gasteiger partial charge in [-0.25, -0.2) is 19.6 Å². The summed E-state index contributed by atoms with van der Waals surface area (Å²) in [5.74, 6) is 1.85. The highest BCUT2D eigenvalue weighted by Crippen LogP contribution is 2.28. The molecule has 4 aromatic rings. The van der Waals surface area contributed by atoms with E-state index in [-0.39, 0.29) is 12.7 Å². The van der Waals surface area contributed by atoms with Gasteiger partial charge in [0.15, 0.2) is 0 Å². The summed E-state index contributed by atoms with van der Waals surface area (Å²) in [6, 6.07) is 11.0. The Balaban J connectivity index is 1.46. The maximum absolute atomic E-state index is 9.51. The Labute approximate surface area is 194 Å². The van der Waals surface area contributed by atoms with Gasteiger partial charge >= 0.3 is 0 Å². The molecule has 1 fully saturated rings. The molecule has 4 heterocycles. The van der Waals surface area contributed by atoms with Crippen LogP contribution < -0.4 is 10.2 Å². The molecule has 0 aliphatic carbocycles. The van der Waals surface area contributed by atoms with Crippen LogP contribution in [-0.2, 0) is 4.74 Å². The zero-order valence-electron chi connectivity index (χ0n) is 17.4. The topological polar surface area (TPSA) is 125 Å². The first-order valence-electron chi connectivity index (χ1n) is 10.3. The van der Waals surface area contributed by atoms with E-state index < -0.39 is 0 Å². The van der Waals surface area contributed by atoms with E-state index in [1.54, 1.807) is 35.3 Å². The van der Waals surface area contributed by atoms with Gasteiger partial charge in [-0.1, -0.05) is 17.7 Å². The molecule has 10 nitrogen and oxygen atoms in total. The number of aliphatic hydroxyl groups excluding tert-OH is 1. The van der Waals surface area contributed by atoms with E-state index in [1.165, 1.54) is 6.33 Å². The minimum atomic E-state index is -0.238. The lowest BCUT2D eigenvalue weighted by Crippen LogP contribution is -2.44. The number of aromatic nitrogens is 5. The number of benzene rings is 1. The molecule has 166 valence electrons. The van der Waals surface area contributed by atoms with Crippen molar-refractivity contribution in [1.29, 1.82) is 5.26 Å². The molecular weight excluding hydrogens is 444 g/mol. The smallest absolute Gasteiger partial charge is 0.137 e. The molecule has 0 amide bonds. The first kappa shape index (κ1) is 21.1. The Morgan fingerprint density at radius 2 is 2.09 bits per heavy atom. The third-order valence-corrected chi connectivity index (χ3v) is 5.65. The molecule has 0 spiro atoms. The summed E-state index contributed by atoms with van der Waals surface area (Å²) >= 11 is 6.39. The molecule has 1 saturated heterocycles. The number of hydrogen-bond donors (Lipinski definition) is 2. The van der Waals surface area contributed by atoms with Crippen molar-refractivity contribution in [2.75, 3.05) is 36.5 Å². The average Bonchev–Trinajstić information content (AvgIpc) is 3.27. The van der Waals surface area contributed by atoms with Crippen molar-refractivity contribution in [2.24, 2.45) is 0 Å². The molecule has 0 saturated carbocycles. The van der Waals surface area contributed by atoms with E-state index in [2.05, 4.69) is 31.4 Å². The van der Waals surface area contributed by atoms with Gasteiger partial charge in [0.25, 0.3) is 0 Å². The summed E-state index contributed by atoms with van der Waals surface area (Å²) in [6.45, 7) is 1.71. The maximum atomic E-state index is 9.51. The number of halogens is 1. The van der Waals surface area contributed by atoms with E-state index in [0.29, 0.717) is 47.6 Å². The molecule has 33 heavy (non-hydrogen) atoms. The minimum absolute atomic E-state index is 0.0384. The number of anilines is 3. The monoisotopic (exact) mass is 462 g/mol. The van der Waals surface area contributed by atoms with Crippen LogP contribution >= 0.6 is 11.6 Å². The summed E-state index contributed by atoms with van der Waals surface area (Å²) in [5.41, 5.74) is 1.68. The fraction of sp³-hybridized carbons (Fsp3) is 0.227. The van der Waals surface area contributed by atoms with Crippen molar-refractivity contribution in [2.45, 2.75) is 6.10 Å². The van der Waals surface area contributed by atoms with E-state index in [1.807, 2.05) is 17.0 Å². The van der Waals surface area contributed by atoms with Crippen LogP contribution in [0.25, 0.3) is 16.6 Å². The van der Waals surface area contributed by atoms with Crippen LogP contribution in [0.5, 0.6) is 0 Å². The predicted molar refractivity (Wildman–Crippen MR) is 123 cm³/mol. The van der Waals surface area contributed by atoms with Gasteiger partial charge in [-0.05, 0) is 12.1 Å². The summed E-state index contributed by atoms with van der Waals surface area (Å²) in [5, 5.41) is 27.8. The zero-order valence-corrected chi connectivity index (χ0v) is 18.1. The zero-order chi connectivity index (χ0) is 22.8. The second-order valence-corrected chi connectivity index (χ2v) is 7.85. The molecule has 3 aromatic heterocycles. The van der Waals surface area contributed by atoms with Crippen molar-refractivity contribution < 1.29 is 9.84 Å². The van der Waals surface area contributed by atoms with Crippen LogP contribution in [0.1, 0.15) is 5.56 Å². The summed E-state index contributed by atoms with van der Waals surface area (Å²) in [4.78, 5) is 15.2. The minimum Gasteiger partial charge on any atom is -0.394 e. The van der Waals surface area contributed by atoms with Crippen molar-refractivity contribution in [3.05, 3.63) is 59.6 Å². The highest BCUT2D eigenvalue weighted by atomic mass is 35.5. The third kappa shape index (κ3) is 4.17. The molecule has 11 heteroatoms. The largest absolute Gasteiger partial charge is 0.394 e. The molecule has 0 unspecified atom stereocenters. The number of nitriles is 1. The van der Waals surface area contributed by atoms with Crippen LogP contribution in [0.15, 0.2) is 49.1 Å². The number of pyridine rings is 1. The maximum Gasteiger partial charge on any atom is 0.137 e. The summed E-state index contributed by atoms with van der Waals surface area (Å²) < 4.78 is 7.15. The quantitative estimate of drug-likeness (QED) is 0.460. The van der Waals surface area contributed by atoms with Gasteiger partial charge < -0.3 is 20.1 Å². The lowest BCUT2D eigenvalue weighted by molar-refractivity contribution is 0.00336. The predicted octanol–water partition coefficient (Wildman–Crippen LogP) is 2.68. The molecule has 5 rings (SSSR count). The molecule has 1 atom stereocenters. The number of morpholine rings is 1. The SMILES string of the molecule is N#Cc1cccc(Cl)c1-n1ncc2cnc(Nc3cc(N4CCO[C@@H](CO)C4)ncn3)cc21. The van der Waals surface area contributed by atoms with Crippen LogP contribution in [0.4, 0.5) is 17.5 Å². The normalized spacial score (nSPS) is 16.0. The standard InChI is InChI=1S/C22H19ClN8O2/c23-17-3-1-2-14(8-24)22(17)31-18-6-19(25-9-15(18)10-28-31)29-20-7-21(27-13-26-20)30-4-5-33-16(11-30)12-32/h1-3,6-7,9-10,13,16,32H,4-5,11-12H2,(H,25,26,27,29)/t16-/m1/s1. The number of aliphatic hydroxyl groups is 1. The molecule has 1 aromatic carbocycles. The molecular formula is C22H19ClN8O2. The number of nitrogens with zero attached hydrogens (tertiary/aromatic N) is 7. The van der Waals surface area contributed by atoms with Gasteiger partial charge in [-0.3, -0.25) is 0 Å². The molecule has 1 aliphatic rings. The van der Waals surface area contributed by atoms with E-state index in [4.69, 9.17) is 16.3 Å². The molecule has 2 N–H and O–H groups in total. The van der Waals surface area contributed by atoms with E-state index in [0.717, 1.165) is 16.7 Å². The van der Waals surface area contributed by atoms with E-state index >= 15 is 0 Å². The first-order valence-corrected chi connectivity index (χ1v) is 10.6. The van der Waals surface area contributed by atoms with Gasteiger partial charge in [0.2, 0.25) is 0 Å². The highest BCUT2D eigenvalue weighted by Gasteiger charge is 2.21. The van der Waals surface area contributed by atoms with Crippen molar-refractivity contribution in [3.63, 3.8) is 0 Å². The molecule has 0 radical (unpaired) electrons. The van der Waals surface area contributed by atoms with Gasteiger partial charge in [0.05, 0.1) is 41.6 Å².